The van der Waals surface area contributed by atoms with Gasteiger partial charge >= 0.3 is 0 Å². The maximum absolute atomic E-state index is 11.9. The summed E-state index contributed by atoms with van der Waals surface area (Å²) in [7, 11) is 3.91. The first-order valence-electron chi connectivity index (χ1n) is 6.90. The van der Waals surface area contributed by atoms with Crippen LogP contribution < -0.4 is 10.2 Å². The molecule has 0 aliphatic rings. The number of nitrogens with one attached hydrogen (secondary N) is 1. The fourth-order valence-electron chi connectivity index (χ4n) is 1.85. The molecule has 0 atom stereocenters. The van der Waals surface area contributed by atoms with Crippen LogP contribution in [0, 0.1) is 10.1 Å². The van der Waals surface area contributed by atoms with E-state index in [1.165, 1.54) is 23.9 Å². The smallest absolute Gasteiger partial charge is 0.269 e. The van der Waals surface area contributed by atoms with Gasteiger partial charge in [0.1, 0.15) is 0 Å². The minimum Gasteiger partial charge on any atom is -0.378 e. The van der Waals surface area contributed by atoms with Crippen molar-refractivity contribution in [2.45, 2.75) is 4.90 Å². The highest BCUT2D eigenvalue weighted by molar-refractivity contribution is 8.00. The molecule has 2 aromatic carbocycles. The second kappa shape index (κ2) is 7.64. The fraction of sp³-hybridized carbons (Fsp3) is 0.188. The highest BCUT2D eigenvalue weighted by atomic mass is 32.2. The fourth-order valence-corrected chi connectivity index (χ4v) is 2.55. The van der Waals surface area contributed by atoms with Crippen LogP contribution in [0.25, 0.3) is 0 Å². The summed E-state index contributed by atoms with van der Waals surface area (Å²) in [6, 6.07) is 13.7. The average Bonchev–Trinajstić information content (AvgIpc) is 2.54. The molecule has 1 amide bonds. The molecule has 0 heterocycles. The quantitative estimate of drug-likeness (QED) is 0.499. The summed E-state index contributed by atoms with van der Waals surface area (Å²) in [5, 5.41) is 13.4. The lowest BCUT2D eigenvalue weighted by Crippen LogP contribution is -2.14. The molecule has 0 bridgehead atoms. The van der Waals surface area contributed by atoms with E-state index < -0.39 is 4.92 Å². The number of carbonyl (C=O) groups excluding carboxylic acids is 1. The third-order valence-corrected chi connectivity index (χ3v) is 4.10. The van der Waals surface area contributed by atoms with Gasteiger partial charge in [0.15, 0.2) is 0 Å². The van der Waals surface area contributed by atoms with E-state index in [1.807, 2.05) is 43.3 Å². The summed E-state index contributed by atoms with van der Waals surface area (Å²) in [5.74, 6) is 0.124. The maximum atomic E-state index is 11.9. The average molecular weight is 331 g/mol. The molecule has 0 fully saturated rings. The van der Waals surface area contributed by atoms with Crippen LogP contribution in [0.4, 0.5) is 17.1 Å². The number of nitrogens with zero attached hydrogens (tertiary/aromatic N) is 2. The summed E-state index contributed by atoms with van der Waals surface area (Å²) < 4.78 is 0. The van der Waals surface area contributed by atoms with Gasteiger partial charge in [-0.05, 0) is 36.4 Å². The van der Waals surface area contributed by atoms with E-state index in [9.17, 15) is 14.9 Å². The number of hydrogen-bond acceptors (Lipinski definition) is 5. The van der Waals surface area contributed by atoms with Crippen molar-refractivity contribution in [3.8, 4) is 0 Å². The van der Waals surface area contributed by atoms with Gasteiger partial charge in [-0.2, -0.15) is 0 Å². The second-order valence-electron chi connectivity index (χ2n) is 5.03. The molecule has 2 aromatic rings. The molecule has 0 spiro atoms. The molecule has 120 valence electrons. The van der Waals surface area contributed by atoms with E-state index in [-0.39, 0.29) is 17.3 Å². The molecule has 6 nitrogen and oxygen atoms in total. The van der Waals surface area contributed by atoms with E-state index in [4.69, 9.17) is 0 Å². The van der Waals surface area contributed by atoms with Crippen LogP contribution in [0.2, 0.25) is 0 Å². The van der Waals surface area contributed by atoms with Crippen molar-refractivity contribution < 1.29 is 9.72 Å². The number of benzene rings is 2. The van der Waals surface area contributed by atoms with E-state index in [2.05, 4.69) is 5.32 Å². The molecule has 7 heteroatoms. The third kappa shape index (κ3) is 5.00. The van der Waals surface area contributed by atoms with Gasteiger partial charge in [-0.25, -0.2) is 0 Å². The number of non-ortho nitro benzene ring substituents is 1. The topological polar surface area (TPSA) is 75.5 Å². The summed E-state index contributed by atoms with van der Waals surface area (Å²) in [4.78, 5) is 24.9. The molecule has 0 aliphatic carbocycles. The third-order valence-electron chi connectivity index (χ3n) is 3.08. The number of amides is 1. The molecule has 0 saturated heterocycles. The predicted octanol–water partition coefficient (Wildman–Crippen LogP) is 3.39. The van der Waals surface area contributed by atoms with E-state index >= 15 is 0 Å². The van der Waals surface area contributed by atoms with Crippen LogP contribution in [0.5, 0.6) is 0 Å². The second-order valence-corrected chi connectivity index (χ2v) is 6.08. The Morgan fingerprint density at radius 3 is 2.26 bits per heavy atom. The Labute approximate surface area is 138 Å². The largest absolute Gasteiger partial charge is 0.378 e. The zero-order chi connectivity index (χ0) is 16.8. The number of anilines is 2. The Hall–Kier alpha value is -2.54. The maximum Gasteiger partial charge on any atom is 0.269 e. The summed E-state index contributed by atoms with van der Waals surface area (Å²) in [6.45, 7) is 0. The first-order chi connectivity index (χ1) is 11.0. The zero-order valence-electron chi connectivity index (χ0n) is 12.9. The van der Waals surface area contributed by atoms with Crippen molar-refractivity contribution >= 4 is 34.7 Å². The molecular weight excluding hydrogens is 314 g/mol. The number of nitro groups is 1. The van der Waals surface area contributed by atoms with Crippen LogP contribution in [-0.4, -0.2) is 30.7 Å². The lowest BCUT2D eigenvalue weighted by molar-refractivity contribution is -0.384. The van der Waals surface area contributed by atoms with Crippen molar-refractivity contribution in [1.82, 2.24) is 0 Å². The van der Waals surface area contributed by atoms with Crippen LogP contribution in [0.1, 0.15) is 0 Å². The van der Waals surface area contributed by atoms with Crippen molar-refractivity contribution in [3.05, 3.63) is 58.6 Å². The van der Waals surface area contributed by atoms with Crippen LogP contribution in [-0.2, 0) is 4.79 Å². The van der Waals surface area contributed by atoms with Gasteiger partial charge < -0.3 is 10.2 Å². The Balaban J connectivity index is 1.86. The first kappa shape index (κ1) is 16.8. The minimum absolute atomic E-state index is 0.0415. The summed E-state index contributed by atoms with van der Waals surface area (Å²) in [5.41, 5.74) is 1.84. The van der Waals surface area contributed by atoms with Gasteiger partial charge in [0.25, 0.3) is 5.69 Å². The molecule has 0 radical (unpaired) electrons. The Bertz CT molecular complexity index is 685. The number of nitro benzene ring substituents is 1. The van der Waals surface area contributed by atoms with Crippen molar-refractivity contribution in [3.63, 3.8) is 0 Å². The Morgan fingerprint density at radius 1 is 1.13 bits per heavy atom. The van der Waals surface area contributed by atoms with E-state index in [0.717, 1.165) is 16.3 Å². The normalized spacial score (nSPS) is 10.2. The summed E-state index contributed by atoms with van der Waals surface area (Å²) in [6.07, 6.45) is 0. The zero-order valence-corrected chi connectivity index (χ0v) is 13.7. The number of hydrogen-bond donors (Lipinski definition) is 1. The molecule has 0 aromatic heterocycles. The predicted molar refractivity (Wildman–Crippen MR) is 93.2 cm³/mol. The number of thioether (sulfide) groups is 1. The van der Waals surface area contributed by atoms with Gasteiger partial charge in [-0.3, -0.25) is 14.9 Å². The van der Waals surface area contributed by atoms with Gasteiger partial charge in [-0.15, -0.1) is 11.8 Å². The minimum atomic E-state index is -0.446. The highest BCUT2D eigenvalue weighted by Crippen LogP contribution is 2.22. The van der Waals surface area contributed by atoms with Gasteiger partial charge in [0, 0.05) is 42.5 Å². The van der Waals surface area contributed by atoms with Crippen molar-refractivity contribution in [2.75, 3.05) is 30.1 Å². The highest BCUT2D eigenvalue weighted by Gasteiger charge is 2.07. The van der Waals surface area contributed by atoms with Gasteiger partial charge in [0.05, 0.1) is 10.7 Å². The van der Waals surface area contributed by atoms with E-state index in [1.54, 1.807) is 12.1 Å². The standard InChI is InChI=1S/C16H17N3O3S/c1-18(2)13-5-3-12(4-6-13)17-16(20)11-23-15-9-7-14(8-10-15)19(21)22/h3-10H,11H2,1-2H3,(H,17,20). The molecule has 0 saturated carbocycles. The molecule has 2 rings (SSSR count). The van der Waals surface area contributed by atoms with Gasteiger partial charge in [-0.1, -0.05) is 0 Å². The van der Waals surface area contributed by atoms with Gasteiger partial charge in [0.2, 0.25) is 5.91 Å². The first-order valence-corrected chi connectivity index (χ1v) is 7.89. The molecular formula is C16H17N3O3S. The molecule has 0 unspecified atom stereocenters. The Kier molecular flexibility index (Phi) is 5.59. The summed E-state index contributed by atoms with van der Waals surface area (Å²) >= 11 is 1.33. The number of rotatable bonds is 6. The Morgan fingerprint density at radius 2 is 1.74 bits per heavy atom. The SMILES string of the molecule is CN(C)c1ccc(NC(=O)CSc2ccc([N+](=O)[O-])cc2)cc1. The van der Waals surface area contributed by atoms with Crippen molar-refractivity contribution in [1.29, 1.82) is 0 Å². The van der Waals surface area contributed by atoms with Crippen molar-refractivity contribution in [2.24, 2.45) is 0 Å². The van der Waals surface area contributed by atoms with E-state index in [0.29, 0.717) is 0 Å². The molecule has 0 aliphatic heterocycles. The van der Waals surface area contributed by atoms with Crippen LogP contribution >= 0.6 is 11.8 Å². The lowest BCUT2D eigenvalue weighted by atomic mass is 10.2. The van der Waals surface area contributed by atoms with Crippen LogP contribution in [0.15, 0.2) is 53.4 Å². The molecule has 1 N–H and O–H groups in total. The molecule has 23 heavy (non-hydrogen) atoms. The van der Waals surface area contributed by atoms with Crippen LogP contribution in [0.3, 0.4) is 0 Å². The number of carbonyl (C=O) groups is 1. The monoisotopic (exact) mass is 331 g/mol. The lowest BCUT2D eigenvalue weighted by Gasteiger charge is -2.13.